The van der Waals surface area contributed by atoms with Crippen molar-refractivity contribution in [3.8, 4) is 6.07 Å². The summed E-state index contributed by atoms with van der Waals surface area (Å²) in [6.07, 6.45) is 3.61. The predicted molar refractivity (Wildman–Crippen MR) is 68.8 cm³/mol. The zero-order chi connectivity index (χ0) is 12.9. The van der Waals surface area contributed by atoms with Crippen LogP contribution in [-0.2, 0) is 9.53 Å². The van der Waals surface area contributed by atoms with E-state index in [2.05, 4.69) is 11.0 Å². The van der Waals surface area contributed by atoms with E-state index in [4.69, 9.17) is 4.74 Å². The van der Waals surface area contributed by atoms with E-state index in [0.717, 1.165) is 25.9 Å². The highest BCUT2D eigenvalue weighted by Gasteiger charge is 2.36. The van der Waals surface area contributed by atoms with Gasteiger partial charge in [-0.25, -0.2) is 0 Å². The van der Waals surface area contributed by atoms with Crippen LogP contribution in [0.3, 0.4) is 0 Å². The molecule has 17 heavy (non-hydrogen) atoms. The van der Waals surface area contributed by atoms with Crippen LogP contribution in [-0.4, -0.2) is 47.6 Å². The number of ether oxygens (including phenoxy) is 1. The molecular formula is C12H20N2O2S. The summed E-state index contributed by atoms with van der Waals surface area (Å²) in [4.78, 5) is 13.7. The van der Waals surface area contributed by atoms with Crippen LogP contribution in [0.15, 0.2) is 0 Å². The van der Waals surface area contributed by atoms with Crippen LogP contribution in [0.2, 0.25) is 0 Å². The van der Waals surface area contributed by atoms with Gasteiger partial charge >= 0.3 is 5.97 Å². The normalized spacial score (nSPS) is 21.5. The van der Waals surface area contributed by atoms with E-state index in [0.29, 0.717) is 6.61 Å². The molecule has 0 aromatic carbocycles. The number of likely N-dealkylation sites (tertiary alicyclic amines) is 1. The lowest BCUT2D eigenvalue weighted by Gasteiger charge is -2.38. The first-order chi connectivity index (χ1) is 8.08. The van der Waals surface area contributed by atoms with Gasteiger partial charge < -0.3 is 4.74 Å². The van der Waals surface area contributed by atoms with Gasteiger partial charge in [0, 0.05) is 13.1 Å². The maximum Gasteiger partial charge on any atom is 0.323 e. The molecule has 1 fully saturated rings. The van der Waals surface area contributed by atoms with E-state index < -0.39 is 0 Å². The smallest absolute Gasteiger partial charge is 0.323 e. The summed E-state index contributed by atoms with van der Waals surface area (Å²) in [5.74, 6) is -0.166. The molecule has 0 spiro atoms. The predicted octanol–water partition coefficient (Wildman–Crippen LogP) is 1.66. The van der Waals surface area contributed by atoms with Crippen molar-refractivity contribution < 1.29 is 9.53 Å². The van der Waals surface area contributed by atoms with Gasteiger partial charge in [-0.2, -0.15) is 5.26 Å². The number of esters is 1. The van der Waals surface area contributed by atoms with Crippen LogP contribution in [0.25, 0.3) is 0 Å². The molecule has 0 aromatic rings. The summed E-state index contributed by atoms with van der Waals surface area (Å²) in [5, 5.41) is 9.18. The Kier molecular flexibility index (Phi) is 5.29. The van der Waals surface area contributed by atoms with Crippen molar-refractivity contribution in [2.75, 3.05) is 26.0 Å². The molecular weight excluding hydrogens is 236 g/mol. The summed E-state index contributed by atoms with van der Waals surface area (Å²) in [6, 6.07) is 2.20. The molecule has 0 radical (unpaired) electrons. The summed E-state index contributed by atoms with van der Waals surface area (Å²) >= 11 is 1.62. The Morgan fingerprint density at radius 1 is 1.59 bits per heavy atom. The molecule has 1 aliphatic heterocycles. The van der Waals surface area contributed by atoms with Crippen molar-refractivity contribution in [1.82, 2.24) is 4.90 Å². The molecule has 1 unspecified atom stereocenters. The molecule has 0 N–H and O–H groups in total. The monoisotopic (exact) mass is 256 g/mol. The summed E-state index contributed by atoms with van der Waals surface area (Å²) in [7, 11) is 0. The Labute approximate surface area is 107 Å². The molecule has 0 amide bonds. The summed E-state index contributed by atoms with van der Waals surface area (Å²) in [6.45, 7) is 5.68. The minimum atomic E-state index is -0.259. The highest BCUT2D eigenvalue weighted by atomic mass is 32.2. The number of carbonyl (C=O) groups excluding carboxylic acids is 1. The first kappa shape index (κ1) is 14.3. The number of hydrogen-bond donors (Lipinski definition) is 0. The standard InChI is InChI=1S/C12H20N2O2S/c1-4-16-11(15)10(2)14-7-5-12(9-13,17-3)6-8-14/h10H,4-8H2,1-3H3. The zero-order valence-electron chi connectivity index (χ0n) is 10.7. The average molecular weight is 256 g/mol. The number of hydrogen-bond acceptors (Lipinski definition) is 5. The van der Waals surface area contributed by atoms with Crippen LogP contribution >= 0.6 is 11.8 Å². The van der Waals surface area contributed by atoms with Crippen LogP contribution in [0.5, 0.6) is 0 Å². The Balaban J connectivity index is 2.52. The third kappa shape index (κ3) is 3.36. The largest absolute Gasteiger partial charge is 0.465 e. The fourth-order valence-electron chi connectivity index (χ4n) is 2.05. The number of nitrogens with zero attached hydrogens (tertiary/aromatic N) is 2. The van der Waals surface area contributed by atoms with Crippen molar-refractivity contribution in [3.05, 3.63) is 0 Å². The summed E-state index contributed by atoms with van der Waals surface area (Å²) < 4.78 is 4.75. The molecule has 0 aliphatic carbocycles. The molecule has 1 saturated heterocycles. The minimum Gasteiger partial charge on any atom is -0.465 e. The molecule has 0 aromatic heterocycles. The fraction of sp³-hybridized carbons (Fsp3) is 0.833. The van der Waals surface area contributed by atoms with E-state index in [1.54, 1.807) is 11.8 Å². The van der Waals surface area contributed by atoms with E-state index in [1.807, 2.05) is 20.1 Å². The SMILES string of the molecule is CCOC(=O)C(C)N1CCC(C#N)(SC)CC1. The topological polar surface area (TPSA) is 53.3 Å². The molecule has 96 valence electrons. The van der Waals surface area contributed by atoms with Crippen molar-refractivity contribution in [2.45, 2.75) is 37.5 Å². The van der Waals surface area contributed by atoms with Gasteiger partial charge in [-0.3, -0.25) is 9.69 Å². The van der Waals surface area contributed by atoms with Gasteiger partial charge in [-0.05, 0) is 32.9 Å². The van der Waals surface area contributed by atoms with Gasteiger partial charge in [0.1, 0.15) is 10.8 Å². The summed E-state index contributed by atoms with van der Waals surface area (Å²) in [5.41, 5.74) is 0. The molecule has 1 aliphatic rings. The fourth-order valence-corrected chi connectivity index (χ4v) is 2.73. The molecule has 1 atom stereocenters. The molecule has 0 saturated carbocycles. The first-order valence-corrected chi connectivity index (χ1v) is 7.18. The zero-order valence-corrected chi connectivity index (χ0v) is 11.5. The lowest BCUT2D eigenvalue weighted by atomic mass is 9.96. The van der Waals surface area contributed by atoms with Gasteiger partial charge in [0.05, 0.1) is 12.7 Å². The Bertz CT molecular complexity index is 306. The molecule has 5 heteroatoms. The van der Waals surface area contributed by atoms with Crippen molar-refractivity contribution >= 4 is 17.7 Å². The van der Waals surface area contributed by atoms with Gasteiger partial charge in [0.15, 0.2) is 0 Å². The second-order valence-corrected chi connectivity index (χ2v) is 5.46. The number of carbonyl (C=O) groups is 1. The Morgan fingerprint density at radius 3 is 2.59 bits per heavy atom. The van der Waals surface area contributed by atoms with Gasteiger partial charge in [-0.15, -0.1) is 11.8 Å². The maximum atomic E-state index is 11.6. The van der Waals surface area contributed by atoms with E-state index in [1.165, 1.54) is 0 Å². The van der Waals surface area contributed by atoms with Gasteiger partial charge in [0.25, 0.3) is 0 Å². The second kappa shape index (κ2) is 6.27. The van der Waals surface area contributed by atoms with Crippen molar-refractivity contribution in [2.24, 2.45) is 0 Å². The van der Waals surface area contributed by atoms with Crippen LogP contribution < -0.4 is 0 Å². The number of piperidine rings is 1. The Hall–Kier alpha value is -0.730. The van der Waals surface area contributed by atoms with Crippen LogP contribution in [0.4, 0.5) is 0 Å². The molecule has 1 rings (SSSR count). The molecule has 1 heterocycles. The highest BCUT2D eigenvalue weighted by molar-refractivity contribution is 8.00. The van der Waals surface area contributed by atoms with Crippen molar-refractivity contribution in [3.63, 3.8) is 0 Å². The highest BCUT2D eigenvalue weighted by Crippen LogP contribution is 2.34. The second-order valence-electron chi connectivity index (χ2n) is 4.27. The van der Waals surface area contributed by atoms with Crippen molar-refractivity contribution in [1.29, 1.82) is 5.26 Å². The van der Waals surface area contributed by atoms with Crippen LogP contribution in [0.1, 0.15) is 26.7 Å². The third-order valence-electron chi connectivity index (χ3n) is 3.38. The Morgan fingerprint density at radius 2 is 2.18 bits per heavy atom. The van der Waals surface area contributed by atoms with Crippen LogP contribution in [0, 0.1) is 11.3 Å². The lowest BCUT2D eigenvalue weighted by molar-refractivity contribution is -0.149. The maximum absolute atomic E-state index is 11.6. The average Bonchev–Trinajstić information content (AvgIpc) is 2.38. The van der Waals surface area contributed by atoms with Gasteiger partial charge in [0.2, 0.25) is 0 Å². The number of nitriles is 1. The number of rotatable bonds is 4. The third-order valence-corrected chi connectivity index (χ3v) is 4.66. The van der Waals surface area contributed by atoms with E-state index in [9.17, 15) is 10.1 Å². The molecule has 0 bridgehead atoms. The first-order valence-electron chi connectivity index (χ1n) is 5.95. The quantitative estimate of drug-likeness (QED) is 0.716. The van der Waals surface area contributed by atoms with E-state index >= 15 is 0 Å². The van der Waals surface area contributed by atoms with Gasteiger partial charge in [-0.1, -0.05) is 0 Å². The minimum absolute atomic E-state index is 0.166. The lowest BCUT2D eigenvalue weighted by Crippen LogP contribution is -2.48. The van der Waals surface area contributed by atoms with E-state index in [-0.39, 0.29) is 16.8 Å². The molecule has 4 nitrogen and oxygen atoms in total. The number of thioether (sulfide) groups is 1.